The number of rotatable bonds is 2. The van der Waals surface area contributed by atoms with Crippen molar-refractivity contribution in [1.82, 2.24) is 10.2 Å². The van der Waals surface area contributed by atoms with Crippen LogP contribution in [0.25, 0.3) is 0 Å². The van der Waals surface area contributed by atoms with Crippen LogP contribution in [0.3, 0.4) is 0 Å². The number of carbonyl (C=O) groups is 1. The number of benzene rings is 1. The van der Waals surface area contributed by atoms with Crippen LogP contribution in [0.2, 0.25) is 0 Å². The second kappa shape index (κ2) is 7.45. The summed E-state index contributed by atoms with van der Waals surface area (Å²) in [5, 5.41) is 3.50. The first-order valence-electron chi connectivity index (χ1n) is 9.29. The molecule has 1 N–H and O–H groups in total. The van der Waals surface area contributed by atoms with E-state index in [9.17, 15) is 4.79 Å². The Labute approximate surface area is 151 Å². The first kappa shape index (κ1) is 17.8. The highest BCUT2D eigenvalue weighted by atomic mass is 35.5. The molecular weight excluding hydrogens is 320 g/mol. The molecule has 1 unspecified atom stereocenters. The maximum Gasteiger partial charge on any atom is 0.222 e. The number of amides is 1. The molecule has 1 atom stereocenters. The molecule has 2 heterocycles. The van der Waals surface area contributed by atoms with E-state index in [1.165, 1.54) is 36.8 Å². The first-order chi connectivity index (χ1) is 11.2. The predicted octanol–water partition coefficient (Wildman–Crippen LogP) is 3.21. The van der Waals surface area contributed by atoms with Gasteiger partial charge in [0, 0.05) is 26.1 Å². The number of hydrogen-bond donors (Lipinski definition) is 1. The number of nitrogens with one attached hydrogen (secondary N) is 1. The lowest BCUT2D eigenvalue weighted by molar-refractivity contribution is -0.134. The van der Waals surface area contributed by atoms with Gasteiger partial charge in [0.1, 0.15) is 0 Å². The standard InChI is InChI=1S/C20H28N2O.ClH/c23-19(22-11-8-20(9-12-22)7-10-21-15-20)14-16-5-6-17-3-1-2-4-18(17)13-16;/h1-4,16,21H,5-15H2;1H. The molecule has 1 aliphatic carbocycles. The highest BCUT2D eigenvalue weighted by Gasteiger charge is 2.38. The number of carbonyl (C=O) groups excluding carboxylic acids is 1. The van der Waals surface area contributed by atoms with Crippen LogP contribution in [0.15, 0.2) is 24.3 Å². The molecule has 1 aromatic carbocycles. The maximum atomic E-state index is 12.7. The molecule has 1 aromatic rings. The summed E-state index contributed by atoms with van der Waals surface area (Å²) in [5.74, 6) is 0.941. The molecule has 0 saturated carbocycles. The third kappa shape index (κ3) is 3.62. The third-order valence-electron chi connectivity index (χ3n) is 6.42. The summed E-state index contributed by atoms with van der Waals surface area (Å²) in [6, 6.07) is 8.74. The Morgan fingerprint density at radius 2 is 1.92 bits per heavy atom. The van der Waals surface area contributed by atoms with E-state index in [1.54, 1.807) is 0 Å². The summed E-state index contributed by atoms with van der Waals surface area (Å²) in [6.07, 6.45) is 7.84. The molecule has 1 spiro atoms. The molecule has 0 bridgehead atoms. The minimum Gasteiger partial charge on any atom is -0.343 e. The van der Waals surface area contributed by atoms with E-state index in [0.29, 0.717) is 17.2 Å². The summed E-state index contributed by atoms with van der Waals surface area (Å²) in [5.41, 5.74) is 3.46. The van der Waals surface area contributed by atoms with Gasteiger partial charge in [0.15, 0.2) is 0 Å². The van der Waals surface area contributed by atoms with Gasteiger partial charge in [0.25, 0.3) is 0 Å². The molecular formula is C20H29ClN2O. The summed E-state index contributed by atoms with van der Waals surface area (Å²) in [4.78, 5) is 14.8. The van der Waals surface area contributed by atoms with E-state index in [-0.39, 0.29) is 12.4 Å². The maximum absolute atomic E-state index is 12.7. The van der Waals surface area contributed by atoms with Crippen LogP contribution < -0.4 is 5.32 Å². The van der Waals surface area contributed by atoms with Crippen LogP contribution in [-0.4, -0.2) is 37.0 Å². The Balaban J connectivity index is 0.00000169. The topological polar surface area (TPSA) is 32.3 Å². The number of halogens is 1. The number of likely N-dealkylation sites (tertiary alicyclic amines) is 1. The second-order valence-corrected chi connectivity index (χ2v) is 7.89. The third-order valence-corrected chi connectivity index (χ3v) is 6.42. The fourth-order valence-electron chi connectivity index (χ4n) is 4.78. The average Bonchev–Trinajstić information content (AvgIpc) is 3.03. The Morgan fingerprint density at radius 1 is 1.17 bits per heavy atom. The van der Waals surface area contributed by atoms with Crippen molar-refractivity contribution >= 4 is 18.3 Å². The Kier molecular flexibility index (Phi) is 5.51. The Hall–Kier alpha value is -1.06. The van der Waals surface area contributed by atoms with E-state index < -0.39 is 0 Å². The zero-order valence-corrected chi connectivity index (χ0v) is 15.2. The normalized spacial score (nSPS) is 25.2. The van der Waals surface area contributed by atoms with Crippen molar-refractivity contribution in [1.29, 1.82) is 0 Å². The van der Waals surface area contributed by atoms with E-state index in [4.69, 9.17) is 0 Å². The van der Waals surface area contributed by atoms with Crippen molar-refractivity contribution in [2.45, 2.75) is 44.9 Å². The van der Waals surface area contributed by atoms with Gasteiger partial charge in [-0.15, -0.1) is 12.4 Å². The molecule has 3 nitrogen and oxygen atoms in total. The molecule has 0 radical (unpaired) electrons. The zero-order valence-electron chi connectivity index (χ0n) is 14.4. The van der Waals surface area contributed by atoms with Gasteiger partial charge in [0.05, 0.1) is 0 Å². The minimum absolute atomic E-state index is 0. The summed E-state index contributed by atoms with van der Waals surface area (Å²) < 4.78 is 0. The molecule has 2 saturated heterocycles. The van der Waals surface area contributed by atoms with Crippen LogP contribution in [0.1, 0.15) is 43.2 Å². The summed E-state index contributed by atoms with van der Waals surface area (Å²) >= 11 is 0. The lowest BCUT2D eigenvalue weighted by Crippen LogP contribution is -2.44. The molecule has 24 heavy (non-hydrogen) atoms. The average molecular weight is 349 g/mol. The highest BCUT2D eigenvalue weighted by molar-refractivity contribution is 5.85. The molecule has 4 rings (SSSR count). The van der Waals surface area contributed by atoms with E-state index in [1.807, 2.05) is 0 Å². The molecule has 4 heteroatoms. The van der Waals surface area contributed by atoms with Crippen molar-refractivity contribution in [3.63, 3.8) is 0 Å². The lowest BCUT2D eigenvalue weighted by Gasteiger charge is -2.39. The van der Waals surface area contributed by atoms with E-state index in [0.717, 1.165) is 45.4 Å². The van der Waals surface area contributed by atoms with Gasteiger partial charge >= 0.3 is 0 Å². The monoisotopic (exact) mass is 348 g/mol. The van der Waals surface area contributed by atoms with Gasteiger partial charge in [-0.25, -0.2) is 0 Å². The Morgan fingerprint density at radius 3 is 2.62 bits per heavy atom. The van der Waals surface area contributed by atoms with Crippen LogP contribution >= 0.6 is 12.4 Å². The van der Waals surface area contributed by atoms with Gasteiger partial charge < -0.3 is 10.2 Å². The fourth-order valence-corrected chi connectivity index (χ4v) is 4.78. The SMILES string of the molecule is Cl.O=C(CC1CCc2ccccc2C1)N1CCC2(CCNC2)CC1. The molecule has 2 aliphatic heterocycles. The van der Waals surface area contributed by atoms with E-state index in [2.05, 4.69) is 34.5 Å². The van der Waals surface area contributed by atoms with Crippen LogP contribution in [0, 0.1) is 11.3 Å². The molecule has 3 aliphatic rings. The quantitative estimate of drug-likeness (QED) is 0.890. The predicted molar refractivity (Wildman–Crippen MR) is 99.6 cm³/mol. The molecule has 132 valence electrons. The summed E-state index contributed by atoms with van der Waals surface area (Å²) in [6.45, 7) is 4.28. The smallest absolute Gasteiger partial charge is 0.222 e. The van der Waals surface area contributed by atoms with Crippen molar-refractivity contribution in [3.8, 4) is 0 Å². The number of piperidine rings is 1. The zero-order chi connectivity index (χ0) is 15.7. The van der Waals surface area contributed by atoms with Crippen LogP contribution in [-0.2, 0) is 17.6 Å². The van der Waals surface area contributed by atoms with Crippen molar-refractivity contribution in [2.24, 2.45) is 11.3 Å². The number of hydrogen-bond acceptors (Lipinski definition) is 2. The summed E-state index contributed by atoms with van der Waals surface area (Å²) in [7, 11) is 0. The largest absolute Gasteiger partial charge is 0.343 e. The fraction of sp³-hybridized carbons (Fsp3) is 0.650. The van der Waals surface area contributed by atoms with Crippen molar-refractivity contribution < 1.29 is 4.79 Å². The van der Waals surface area contributed by atoms with Crippen LogP contribution in [0.4, 0.5) is 0 Å². The molecule has 1 amide bonds. The first-order valence-corrected chi connectivity index (χ1v) is 9.29. The minimum atomic E-state index is 0. The molecule has 0 aromatic heterocycles. The van der Waals surface area contributed by atoms with Gasteiger partial charge in [-0.1, -0.05) is 24.3 Å². The number of fused-ring (bicyclic) bond motifs is 1. The van der Waals surface area contributed by atoms with E-state index >= 15 is 0 Å². The van der Waals surface area contributed by atoms with Gasteiger partial charge in [0.2, 0.25) is 5.91 Å². The van der Waals surface area contributed by atoms with Crippen molar-refractivity contribution in [2.75, 3.05) is 26.2 Å². The molecule has 2 fully saturated rings. The van der Waals surface area contributed by atoms with Gasteiger partial charge in [-0.05, 0) is 67.5 Å². The number of aryl methyl sites for hydroxylation is 1. The van der Waals surface area contributed by atoms with Gasteiger partial charge in [-0.3, -0.25) is 4.79 Å². The highest BCUT2D eigenvalue weighted by Crippen LogP contribution is 2.37. The second-order valence-electron chi connectivity index (χ2n) is 7.89. The van der Waals surface area contributed by atoms with Crippen molar-refractivity contribution in [3.05, 3.63) is 35.4 Å². The van der Waals surface area contributed by atoms with Gasteiger partial charge in [-0.2, -0.15) is 0 Å². The lowest BCUT2D eigenvalue weighted by atomic mass is 9.77. The Bertz CT molecular complexity index is 573. The van der Waals surface area contributed by atoms with Crippen LogP contribution in [0.5, 0.6) is 0 Å². The number of nitrogens with zero attached hydrogens (tertiary/aromatic N) is 1.